The van der Waals surface area contributed by atoms with E-state index in [4.69, 9.17) is 11.6 Å². The summed E-state index contributed by atoms with van der Waals surface area (Å²) in [6, 6.07) is 13.4. The lowest BCUT2D eigenvalue weighted by atomic mass is 10.2. The number of hydrogen-bond donors (Lipinski definition) is 0. The monoisotopic (exact) mass is 442 g/mol. The van der Waals surface area contributed by atoms with Crippen molar-refractivity contribution in [3.8, 4) is 5.69 Å². The molecule has 31 heavy (non-hydrogen) atoms. The lowest BCUT2D eigenvalue weighted by molar-refractivity contribution is -0.384. The molecule has 9 nitrogen and oxygen atoms in total. The average molecular weight is 443 g/mol. The predicted molar refractivity (Wildman–Crippen MR) is 117 cm³/mol. The number of benzene rings is 2. The summed E-state index contributed by atoms with van der Waals surface area (Å²) in [6.45, 7) is 3.29. The molecule has 0 spiro atoms. The van der Waals surface area contributed by atoms with Crippen molar-refractivity contribution in [2.75, 3.05) is 27.2 Å². The van der Waals surface area contributed by atoms with Crippen molar-refractivity contribution in [3.05, 3.63) is 80.6 Å². The number of carbonyl (C=O) groups is 1. The minimum absolute atomic E-state index is 0.0596. The summed E-state index contributed by atoms with van der Waals surface area (Å²) < 4.78 is 1.44. The van der Waals surface area contributed by atoms with E-state index in [9.17, 15) is 14.9 Å². The second kappa shape index (κ2) is 9.67. The first-order chi connectivity index (χ1) is 14.8. The topological polar surface area (TPSA) is 97.4 Å². The van der Waals surface area contributed by atoms with Crippen LogP contribution in [0.4, 0.5) is 5.69 Å². The molecule has 0 N–H and O–H groups in total. The van der Waals surface area contributed by atoms with Crippen LogP contribution >= 0.6 is 11.6 Å². The number of amides is 1. The number of likely N-dealkylation sites (N-methyl/N-ethyl adjacent to an activating group) is 1. The third kappa shape index (κ3) is 5.44. The molecule has 1 amide bonds. The summed E-state index contributed by atoms with van der Waals surface area (Å²) in [6.07, 6.45) is 0. The number of aromatic nitrogens is 3. The van der Waals surface area contributed by atoms with Crippen molar-refractivity contribution >= 4 is 23.2 Å². The lowest BCUT2D eigenvalue weighted by Crippen LogP contribution is -2.36. The summed E-state index contributed by atoms with van der Waals surface area (Å²) in [7, 11) is 3.88. The van der Waals surface area contributed by atoms with Crippen molar-refractivity contribution in [1.82, 2.24) is 24.8 Å². The SMILES string of the molecule is Cc1c(C(=O)N(CCN(C)C)Cc2ccc(Cl)cc2)nnn1-c1cccc([N+](=O)[O-])c1. The van der Waals surface area contributed by atoms with Crippen LogP contribution in [-0.2, 0) is 6.54 Å². The summed E-state index contributed by atoms with van der Waals surface area (Å²) in [5.41, 5.74) is 2.07. The normalized spacial score (nSPS) is 11.0. The van der Waals surface area contributed by atoms with Crippen molar-refractivity contribution in [2.24, 2.45) is 0 Å². The van der Waals surface area contributed by atoms with Gasteiger partial charge < -0.3 is 9.80 Å². The van der Waals surface area contributed by atoms with E-state index in [0.717, 1.165) is 5.56 Å². The Morgan fingerprint density at radius 3 is 2.52 bits per heavy atom. The predicted octanol–water partition coefficient (Wildman–Crippen LogP) is 3.34. The molecule has 0 atom stereocenters. The average Bonchev–Trinajstić information content (AvgIpc) is 3.13. The van der Waals surface area contributed by atoms with Crippen LogP contribution in [0.1, 0.15) is 21.7 Å². The van der Waals surface area contributed by atoms with Crippen LogP contribution in [0.15, 0.2) is 48.5 Å². The molecule has 1 aromatic heterocycles. The zero-order valence-corrected chi connectivity index (χ0v) is 18.3. The minimum Gasteiger partial charge on any atom is -0.332 e. The molecule has 10 heteroatoms. The van der Waals surface area contributed by atoms with Gasteiger partial charge in [-0.1, -0.05) is 35.0 Å². The molecule has 0 aliphatic carbocycles. The molecule has 162 valence electrons. The third-order valence-electron chi connectivity index (χ3n) is 4.77. The number of nitrogens with zero attached hydrogens (tertiary/aromatic N) is 6. The molecular formula is C21H23ClN6O3. The molecule has 0 radical (unpaired) electrons. The van der Waals surface area contributed by atoms with Crippen LogP contribution in [0.3, 0.4) is 0 Å². The van der Waals surface area contributed by atoms with E-state index >= 15 is 0 Å². The van der Waals surface area contributed by atoms with Crippen LogP contribution in [0.25, 0.3) is 5.69 Å². The number of rotatable bonds is 8. The van der Waals surface area contributed by atoms with Gasteiger partial charge in [0.2, 0.25) is 0 Å². The Hall–Kier alpha value is -3.30. The Kier molecular flexibility index (Phi) is 6.98. The Morgan fingerprint density at radius 2 is 1.87 bits per heavy atom. The van der Waals surface area contributed by atoms with E-state index in [0.29, 0.717) is 36.0 Å². The van der Waals surface area contributed by atoms with Gasteiger partial charge in [-0.15, -0.1) is 5.10 Å². The van der Waals surface area contributed by atoms with Gasteiger partial charge in [-0.3, -0.25) is 14.9 Å². The molecule has 0 aliphatic heterocycles. The molecule has 2 aromatic carbocycles. The van der Waals surface area contributed by atoms with Crippen molar-refractivity contribution in [1.29, 1.82) is 0 Å². The molecule has 0 aliphatic rings. The molecule has 0 bridgehead atoms. The van der Waals surface area contributed by atoms with Crippen molar-refractivity contribution in [3.63, 3.8) is 0 Å². The first-order valence-corrected chi connectivity index (χ1v) is 9.99. The Labute approximate surface area is 185 Å². The molecule has 0 saturated heterocycles. The smallest absolute Gasteiger partial charge is 0.276 e. The highest BCUT2D eigenvalue weighted by molar-refractivity contribution is 6.30. The van der Waals surface area contributed by atoms with Gasteiger partial charge in [0.15, 0.2) is 5.69 Å². The zero-order valence-electron chi connectivity index (χ0n) is 17.5. The molecule has 0 fully saturated rings. The van der Waals surface area contributed by atoms with E-state index in [1.807, 2.05) is 31.1 Å². The zero-order chi connectivity index (χ0) is 22.5. The maximum absolute atomic E-state index is 13.3. The standard InChI is InChI=1S/C21H23ClN6O3/c1-15-20(23-24-27(15)18-5-4-6-19(13-18)28(30)31)21(29)26(12-11-25(2)3)14-16-7-9-17(22)10-8-16/h4-10,13H,11-12,14H2,1-3H3. The molecule has 3 rings (SSSR count). The van der Waals surface area contributed by atoms with Crippen LogP contribution in [-0.4, -0.2) is 62.8 Å². The van der Waals surface area contributed by atoms with Gasteiger partial charge in [0.05, 0.1) is 16.3 Å². The van der Waals surface area contributed by atoms with Gasteiger partial charge in [-0.25, -0.2) is 4.68 Å². The van der Waals surface area contributed by atoms with Crippen molar-refractivity contribution in [2.45, 2.75) is 13.5 Å². The third-order valence-corrected chi connectivity index (χ3v) is 5.03. The Morgan fingerprint density at radius 1 is 1.16 bits per heavy atom. The number of nitro benzene ring substituents is 1. The number of nitro groups is 1. The van der Waals surface area contributed by atoms with E-state index in [1.54, 1.807) is 36.1 Å². The number of non-ortho nitro benzene ring substituents is 1. The van der Waals surface area contributed by atoms with Crippen molar-refractivity contribution < 1.29 is 9.72 Å². The quantitative estimate of drug-likeness (QED) is 0.392. The Balaban J connectivity index is 1.89. The number of carbonyl (C=O) groups excluding carboxylic acids is 1. The highest BCUT2D eigenvalue weighted by Crippen LogP contribution is 2.20. The fourth-order valence-corrected chi connectivity index (χ4v) is 3.17. The van der Waals surface area contributed by atoms with Crippen LogP contribution in [0, 0.1) is 17.0 Å². The molecule has 0 unspecified atom stereocenters. The first-order valence-electron chi connectivity index (χ1n) is 9.62. The highest BCUT2D eigenvalue weighted by Gasteiger charge is 2.24. The van der Waals surface area contributed by atoms with Crippen LogP contribution in [0.5, 0.6) is 0 Å². The first kappa shape index (κ1) is 22.4. The van der Waals surface area contributed by atoms with Gasteiger partial charge in [-0.05, 0) is 44.8 Å². The van der Waals surface area contributed by atoms with Gasteiger partial charge in [0, 0.05) is 36.8 Å². The van der Waals surface area contributed by atoms with Gasteiger partial charge in [0.1, 0.15) is 0 Å². The van der Waals surface area contributed by atoms with Gasteiger partial charge >= 0.3 is 0 Å². The van der Waals surface area contributed by atoms with E-state index in [1.165, 1.54) is 16.8 Å². The maximum Gasteiger partial charge on any atom is 0.276 e. The van der Waals surface area contributed by atoms with Crippen LogP contribution < -0.4 is 0 Å². The van der Waals surface area contributed by atoms with E-state index < -0.39 is 4.92 Å². The fourth-order valence-electron chi connectivity index (χ4n) is 3.04. The Bertz CT molecular complexity index is 1080. The molecular weight excluding hydrogens is 420 g/mol. The lowest BCUT2D eigenvalue weighted by Gasteiger charge is -2.24. The summed E-state index contributed by atoms with van der Waals surface area (Å²) in [5, 5.41) is 19.9. The maximum atomic E-state index is 13.3. The minimum atomic E-state index is -0.475. The summed E-state index contributed by atoms with van der Waals surface area (Å²) >= 11 is 5.97. The van der Waals surface area contributed by atoms with Crippen LogP contribution in [0.2, 0.25) is 5.02 Å². The largest absolute Gasteiger partial charge is 0.332 e. The van der Waals surface area contributed by atoms with Gasteiger partial charge in [-0.2, -0.15) is 0 Å². The molecule has 3 aromatic rings. The molecule has 1 heterocycles. The second-order valence-electron chi connectivity index (χ2n) is 7.37. The summed E-state index contributed by atoms with van der Waals surface area (Å²) in [5.74, 6) is -0.258. The highest BCUT2D eigenvalue weighted by atomic mass is 35.5. The van der Waals surface area contributed by atoms with E-state index in [2.05, 4.69) is 10.3 Å². The van der Waals surface area contributed by atoms with Gasteiger partial charge in [0.25, 0.3) is 11.6 Å². The fraction of sp³-hybridized carbons (Fsp3) is 0.286. The molecule has 0 saturated carbocycles. The summed E-state index contributed by atoms with van der Waals surface area (Å²) in [4.78, 5) is 27.6. The second-order valence-corrected chi connectivity index (χ2v) is 7.81. The number of hydrogen-bond acceptors (Lipinski definition) is 6. The number of halogens is 1. The van der Waals surface area contributed by atoms with E-state index in [-0.39, 0.29) is 17.3 Å².